The normalized spacial score (nSPS) is 10.8. The molecule has 0 radical (unpaired) electrons. The van der Waals surface area contributed by atoms with E-state index >= 15 is 0 Å². The van der Waals surface area contributed by atoms with Crippen LogP contribution >= 0.6 is 11.6 Å². The molecule has 2 heterocycles. The van der Waals surface area contributed by atoms with Gasteiger partial charge in [0.1, 0.15) is 5.75 Å². The lowest BCUT2D eigenvalue weighted by molar-refractivity contribution is 0.103. The Balaban J connectivity index is 1.59. The molecule has 0 aliphatic heterocycles. The van der Waals surface area contributed by atoms with Gasteiger partial charge in [0.2, 0.25) is 0 Å². The Bertz CT molecular complexity index is 1160. The van der Waals surface area contributed by atoms with Crippen molar-refractivity contribution in [3.05, 3.63) is 94.9 Å². The van der Waals surface area contributed by atoms with E-state index in [1.54, 1.807) is 19.4 Å². The van der Waals surface area contributed by atoms with Crippen LogP contribution in [0.15, 0.2) is 72.9 Å². The number of methoxy groups -OCH3 is 1. The third-order valence-electron chi connectivity index (χ3n) is 4.65. The maximum Gasteiger partial charge on any atom is 0.153 e. The zero-order chi connectivity index (χ0) is 21.6. The van der Waals surface area contributed by atoms with Crippen molar-refractivity contribution in [2.24, 2.45) is 0 Å². The molecule has 0 aliphatic carbocycles. The summed E-state index contributed by atoms with van der Waals surface area (Å²) < 4.78 is 13.1. The van der Waals surface area contributed by atoms with Crippen LogP contribution in [0.4, 0.5) is 11.5 Å². The molecule has 0 saturated heterocycles. The fraction of sp³-hybridized carbons (Fsp3) is 0.167. The van der Waals surface area contributed by atoms with E-state index in [1.807, 2.05) is 72.3 Å². The Morgan fingerprint density at radius 2 is 1.84 bits per heavy atom. The van der Waals surface area contributed by atoms with Gasteiger partial charge < -0.3 is 14.8 Å². The number of pyridine rings is 1. The molecule has 0 atom stereocenters. The first-order chi connectivity index (χ1) is 15.1. The van der Waals surface area contributed by atoms with E-state index in [-0.39, 0.29) is 0 Å². The van der Waals surface area contributed by atoms with Crippen molar-refractivity contribution in [3.8, 4) is 11.4 Å². The number of aryl methyl sites for hydroxylation is 1. The van der Waals surface area contributed by atoms with Crippen LogP contribution in [0.2, 0.25) is 5.02 Å². The number of halogens is 1. The molecule has 4 rings (SSSR count). The van der Waals surface area contributed by atoms with Crippen molar-refractivity contribution in [1.82, 2.24) is 14.8 Å². The highest BCUT2D eigenvalue weighted by atomic mass is 35.5. The number of rotatable bonds is 8. The number of nitrogens with one attached hydrogen (secondary N) is 1. The molecule has 0 aliphatic rings. The van der Waals surface area contributed by atoms with Crippen LogP contribution in [0.25, 0.3) is 5.69 Å². The molecule has 0 spiro atoms. The molecule has 4 aromatic rings. The first kappa shape index (κ1) is 20.9. The van der Waals surface area contributed by atoms with E-state index in [9.17, 15) is 0 Å². The van der Waals surface area contributed by atoms with E-state index in [2.05, 4.69) is 10.3 Å². The lowest BCUT2D eigenvalue weighted by Gasteiger charge is -2.09. The van der Waals surface area contributed by atoms with Gasteiger partial charge in [-0.05, 0) is 36.8 Å². The van der Waals surface area contributed by atoms with Gasteiger partial charge in [0.25, 0.3) is 0 Å². The van der Waals surface area contributed by atoms with Crippen LogP contribution < -0.4 is 10.1 Å². The Hall–Kier alpha value is -3.35. The molecule has 158 valence electrons. The van der Waals surface area contributed by atoms with Crippen molar-refractivity contribution in [1.29, 1.82) is 0 Å². The van der Waals surface area contributed by atoms with Crippen LogP contribution in [0, 0.1) is 6.92 Å². The van der Waals surface area contributed by atoms with Crippen LogP contribution in [0.1, 0.15) is 17.0 Å². The Kier molecular flexibility index (Phi) is 6.50. The average molecular weight is 435 g/mol. The minimum Gasteiger partial charge on any atom is -0.497 e. The minimum absolute atomic E-state index is 0.407. The largest absolute Gasteiger partial charge is 0.497 e. The van der Waals surface area contributed by atoms with E-state index in [0.29, 0.717) is 29.8 Å². The van der Waals surface area contributed by atoms with Crippen LogP contribution in [0.5, 0.6) is 5.75 Å². The summed E-state index contributed by atoms with van der Waals surface area (Å²) in [7, 11) is 1.61. The molecular formula is C24H23ClN4O2. The van der Waals surface area contributed by atoms with Gasteiger partial charge in [0.15, 0.2) is 5.82 Å². The van der Waals surface area contributed by atoms with Gasteiger partial charge in [-0.3, -0.25) is 4.98 Å². The quantitative estimate of drug-likeness (QED) is 0.385. The molecule has 0 bridgehead atoms. The third kappa shape index (κ3) is 5.42. The molecule has 2 aromatic carbocycles. The fourth-order valence-electron chi connectivity index (χ4n) is 3.22. The summed E-state index contributed by atoms with van der Waals surface area (Å²) in [6.45, 7) is 2.88. The smallest absolute Gasteiger partial charge is 0.153 e. The van der Waals surface area contributed by atoms with Crippen molar-refractivity contribution in [3.63, 3.8) is 0 Å². The van der Waals surface area contributed by atoms with Gasteiger partial charge in [-0.25, -0.2) is 4.68 Å². The number of anilines is 2. The molecule has 0 unspecified atom stereocenters. The van der Waals surface area contributed by atoms with Crippen LogP contribution in [0.3, 0.4) is 0 Å². The van der Waals surface area contributed by atoms with E-state index < -0.39 is 0 Å². The molecular weight excluding hydrogens is 412 g/mol. The zero-order valence-corrected chi connectivity index (χ0v) is 18.1. The van der Waals surface area contributed by atoms with Crippen molar-refractivity contribution in [2.45, 2.75) is 20.1 Å². The summed E-state index contributed by atoms with van der Waals surface area (Å²) in [6.07, 6.45) is 1.77. The summed E-state index contributed by atoms with van der Waals surface area (Å²) >= 11 is 6.20. The first-order valence-corrected chi connectivity index (χ1v) is 10.2. The number of aromatic nitrogens is 3. The summed E-state index contributed by atoms with van der Waals surface area (Å²) in [5, 5.41) is 8.63. The molecule has 0 saturated carbocycles. The van der Waals surface area contributed by atoms with Gasteiger partial charge >= 0.3 is 0 Å². The van der Waals surface area contributed by atoms with E-state index in [0.717, 1.165) is 28.3 Å². The number of ether oxygens (including phenoxy) is 2. The SMILES string of the molecule is COc1cc(Cl)cc(Nc2cc(COCc3ccccc3)n(-c3ccnc(C)c3)n2)c1. The first-order valence-electron chi connectivity index (χ1n) is 9.86. The van der Waals surface area contributed by atoms with Gasteiger partial charge in [-0.15, -0.1) is 5.10 Å². The molecule has 7 heteroatoms. The van der Waals surface area contributed by atoms with Crippen molar-refractivity contribution >= 4 is 23.1 Å². The Morgan fingerprint density at radius 1 is 1.00 bits per heavy atom. The van der Waals surface area contributed by atoms with Crippen LogP contribution in [-0.4, -0.2) is 21.9 Å². The highest BCUT2D eigenvalue weighted by Gasteiger charge is 2.12. The number of benzene rings is 2. The molecule has 0 amide bonds. The second kappa shape index (κ2) is 9.64. The Morgan fingerprint density at radius 3 is 2.61 bits per heavy atom. The lowest BCUT2D eigenvalue weighted by atomic mass is 10.2. The monoisotopic (exact) mass is 434 g/mol. The summed E-state index contributed by atoms with van der Waals surface area (Å²) in [4.78, 5) is 4.28. The average Bonchev–Trinajstić information content (AvgIpc) is 3.16. The maximum atomic E-state index is 6.20. The second-order valence-corrected chi connectivity index (χ2v) is 7.51. The third-order valence-corrected chi connectivity index (χ3v) is 4.87. The molecule has 6 nitrogen and oxygen atoms in total. The maximum absolute atomic E-state index is 6.20. The van der Waals surface area contributed by atoms with Crippen molar-refractivity contribution < 1.29 is 9.47 Å². The second-order valence-electron chi connectivity index (χ2n) is 7.07. The fourth-order valence-corrected chi connectivity index (χ4v) is 3.44. The number of nitrogens with zero attached hydrogens (tertiary/aromatic N) is 3. The van der Waals surface area contributed by atoms with Gasteiger partial charge in [0, 0.05) is 34.7 Å². The predicted molar refractivity (Wildman–Crippen MR) is 122 cm³/mol. The lowest BCUT2D eigenvalue weighted by Crippen LogP contribution is -2.05. The van der Waals surface area contributed by atoms with Gasteiger partial charge in [0.05, 0.1) is 31.7 Å². The summed E-state index contributed by atoms with van der Waals surface area (Å²) in [5.41, 5.74) is 4.66. The zero-order valence-electron chi connectivity index (χ0n) is 17.4. The highest BCUT2D eigenvalue weighted by Crippen LogP contribution is 2.27. The number of hydrogen-bond donors (Lipinski definition) is 1. The van der Waals surface area contributed by atoms with Gasteiger partial charge in [-0.2, -0.15) is 0 Å². The molecule has 0 fully saturated rings. The predicted octanol–water partition coefficient (Wildman–Crippen LogP) is 5.70. The van der Waals surface area contributed by atoms with Gasteiger partial charge in [-0.1, -0.05) is 41.9 Å². The Labute approximate surface area is 186 Å². The highest BCUT2D eigenvalue weighted by molar-refractivity contribution is 6.31. The minimum atomic E-state index is 0.407. The van der Waals surface area contributed by atoms with E-state index in [1.165, 1.54) is 0 Å². The molecule has 2 aromatic heterocycles. The molecule has 1 N–H and O–H groups in total. The van der Waals surface area contributed by atoms with Crippen LogP contribution in [-0.2, 0) is 18.0 Å². The van der Waals surface area contributed by atoms with E-state index in [4.69, 9.17) is 26.2 Å². The summed E-state index contributed by atoms with van der Waals surface area (Å²) in [6, 6.07) is 21.4. The number of hydrogen-bond acceptors (Lipinski definition) is 5. The standard InChI is InChI=1S/C24H23ClN4O2/c1-17-10-21(8-9-26-17)29-22(16-31-15-18-6-4-3-5-7-18)14-24(28-29)27-20-11-19(25)12-23(13-20)30-2/h3-14H,15-16H2,1-2H3,(H,27,28). The molecule has 31 heavy (non-hydrogen) atoms. The van der Waals surface area contributed by atoms with Crippen molar-refractivity contribution in [2.75, 3.05) is 12.4 Å². The summed E-state index contributed by atoms with van der Waals surface area (Å²) in [5.74, 6) is 1.35. The topological polar surface area (TPSA) is 61.2 Å².